The smallest absolute Gasteiger partial charge is 0.302 e. The molecule has 0 radical (unpaired) electrons. The monoisotopic (exact) mass is 720 g/mol. The number of carbonyl (C=O) groups excluding carboxylic acids is 3. The summed E-state index contributed by atoms with van der Waals surface area (Å²) in [7, 11) is 0. The number of nitrogens with one attached hydrogen (secondary N) is 1. The molecule has 52 heavy (non-hydrogen) atoms. The summed E-state index contributed by atoms with van der Waals surface area (Å²) in [5, 5.41) is 3.66. The summed E-state index contributed by atoms with van der Waals surface area (Å²) < 4.78 is 5.98. The molecule has 0 aromatic carbocycles. The van der Waals surface area contributed by atoms with Crippen molar-refractivity contribution in [2.45, 2.75) is 152 Å². The van der Waals surface area contributed by atoms with Crippen LogP contribution in [0, 0.1) is 68.0 Å². The number of allylic oxidation sites excluding steroid dienone is 1. The number of ether oxygens (including phenoxy) is 1. The number of piperazine rings is 1. The van der Waals surface area contributed by atoms with Crippen molar-refractivity contribution in [1.82, 2.24) is 15.1 Å². The van der Waals surface area contributed by atoms with Crippen LogP contribution in [0.1, 0.15) is 140 Å². The number of esters is 1. The Labute approximate surface area is 316 Å². The number of hydrogen-bond acceptors (Lipinski definition) is 5. The summed E-state index contributed by atoms with van der Waals surface area (Å²) in [4.78, 5) is 45.3. The number of rotatable bonds is 6. The number of carbonyl (C=O) groups is 3. The minimum absolute atomic E-state index is 0.00598. The predicted molar refractivity (Wildman–Crippen MR) is 207 cm³/mol. The zero-order valence-corrected chi connectivity index (χ0v) is 34.7. The Hall–Kier alpha value is -1.89. The second kappa shape index (κ2) is 12.8. The molecule has 7 fully saturated rings. The van der Waals surface area contributed by atoms with E-state index in [1.165, 1.54) is 31.3 Å². The molecule has 12 unspecified atom stereocenters. The Morgan fingerprint density at radius 2 is 1.46 bits per heavy atom. The summed E-state index contributed by atoms with van der Waals surface area (Å²) in [6.45, 7) is 32.2. The first-order valence-electron chi connectivity index (χ1n) is 21.4. The minimum atomic E-state index is -0.357. The van der Waals surface area contributed by atoms with E-state index in [0.29, 0.717) is 29.6 Å². The fraction of sp³-hybridized carbons (Fsp3) is 0.889. The van der Waals surface area contributed by atoms with E-state index in [1.54, 1.807) is 6.92 Å². The molecule has 1 saturated heterocycles. The van der Waals surface area contributed by atoms with E-state index in [0.717, 1.165) is 77.7 Å². The lowest BCUT2D eigenvalue weighted by atomic mass is 9.32. The number of hydrogen-bond donors (Lipinski definition) is 1. The maximum atomic E-state index is 15.0. The van der Waals surface area contributed by atoms with E-state index in [4.69, 9.17) is 4.74 Å². The van der Waals surface area contributed by atoms with E-state index in [2.05, 4.69) is 84.0 Å². The molecule has 1 heterocycles. The minimum Gasteiger partial charge on any atom is -0.462 e. The molecule has 7 heteroatoms. The first-order chi connectivity index (χ1) is 24.3. The molecule has 0 aromatic heterocycles. The zero-order chi connectivity index (χ0) is 37.8. The summed E-state index contributed by atoms with van der Waals surface area (Å²) in [6.07, 6.45) is 11.7. The Bertz CT molecular complexity index is 1460. The van der Waals surface area contributed by atoms with Gasteiger partial charge in [0.15, 0.2) is 0 Å². The van der Waals surface area contributed by atoms with Gasteiger partial charge in [-0.1, -0.05) is 67.5 Å². The second-order valence-electron chi connectivity index (χ2n) is 21.2. The largest absolute Gasteiger partial charge is 0.462 e. The second-order valence-corrected chi connectivity index (χ2v) is 21.2. The number of nitrogens with zero attached hydrogens (tertiary/aromatic N) is 2. The Balaban J connectivity index is 1.11. The van der Waals surface area contributed by atoms with Crippen LogP contribution >= 0.6 is 0 Å². The highest BCUT2D eigenvalue weighted by Gasteiger charge is 2.72. The third kappa shape index (κ3) is 5.36. The molecule has 7 nitrogen and oxygen atoms in total. The standard InChI is InChI=1S/C45H73N3O4/c1-12-47-23-25-48(26-24-47)38(50)32-27-35(40(32,5)6)46-39(51)45-20-15-30(28(2)3)37(45)31-13-14-34-42(9)18-17-36(52-29(4)49)41(7,8)33(42)16-19-44(34,11)43(31,10)21-22-45/h30-37H,2,12-27H2,1,3-11H3,(H,46,51). The van der Waals surface area contributed by atoms with Crippen molar-refractivity contribution in [3.8, 4) is 0 Å². The van der Waals surface area contributed by atoms with Gasteiger partial charge in [-0.05, 0) is 135 Å². The molecule has 1 N–H and O–H groups in total. The third-order valence-corrected chi connectivity index (χ3v) is 18.8. The molecule has 2 amide bonds. The molecular formula is C45H73N3O4. The van der Waals surface area contributed by atoms with Crippen LogP contribution in [0.4, 0.5) is 0 Å². The van der Waals surface area contributed by atoms with Crippen LogP contribution in [0.3, 0.4) is 0 Å². The first kappa shape index (κ1) is 38.4. The third-order valence-electron chi connectivity index (χ3n) is 18.8. The molecule has 6 saturated carbocycles. The van der Waals surface area contributed by atoms with Crippen molar-refractivity contribution in [2.75, 3.05) is 32.7 Å². The van der Waals surface area contributed by atoms with Gasteiger partial charge in [-0.25, -0.2) is 0 Å². The van der Waals surface area contributed by atoms with Gasteiger partial charge in [0.05, 0.1) is 5.41 Å². The van der Waals surface area contributed by atoms with Crippen molar-refractivity contribution in [3.63, 3.8) is 0 Å². The molecule has 0 spiro atoms. The van der Waals surface area contributed by atoms with Crippen LogP contribution in [-0.2, 0) is 19.1 Å². The Morgan fingerprint density at radius 3 is 2.08 bits per heavy atom. The quantitative estimate of drug-likeness (QED) is 0.221. The van der Waals surface area contributed by atoms with Crippen LogP contribution in [0.5, 0.6) is 0 Å². The van der Waals surface area contributed by atoms with Gasteiger partial charge in [0, 0.05) is 50.5 Å². The van der Waals surface area contributed by atoms with E-state index in [9.17, 15) is 14.4 Å². The topological polar surface area (TPSA) is 79.0 Å². The molecule has 7 aliphatic rings. The van der Waals surface area contributed by atoms with Crippen LogP contribution in [0.2, 0.25) is 0 Å². The van der Waals surface area contributed by atoms with E-state index in [1.807, 2.05) is 0 Å². The fourth-order valence-corrected chi connectivity index (χ4v) is 15.3. The van der Waals surface area contributed by atoms with Crippen molar-refractivity contribution in [1.29, 1.82) is 0 Å². The van der Waals surface area contributed by atoms with Crippen molar-refractivity contribution in [3.05, 3.63) is 12.2 Å². The Kier molecular flexibility index (Phi) is 9.47. The fourth-order valence-electron chi connectivity index (χ4n) is 15.3. The van der Waals surface area contributed by atoms with Crippen molar-refractivity contribution < 1.29 is 19.1 Å². The zero-order valence-electron chi connectivity index (χ0n) is 34.7. The molecule has 0 aromatic rings. The molecule has 0 bridgehead atoms. The number of amides is 2. The lowest BCUT2D eigenvalue weighted by Gasteiger charge is -2.73. The van der Waals surface area contributed by atoms with Gasteiger partial charge in [0.1, 0.15) is 6.10 Å². The summed E-state index contributed by atoms with van der Waals surface area (Å²) in [5.41, 5.74) is 1.17. The van der Waals surface area contributed by atoms with E-state index in [-0.39, 0.29) is 68.3 Å². The lowest BCUT2D eigenvalue weighted by Crippen LogP contribution is -2.68. The number of fused-ring (bicyclic) bond motifs is 7. The summed E-state index contributed by atoms with van der Waals surface area (Å²) in [5.74, 6) is 2.73. The highest BCUT2D eigenvalue weighted by Crippen LogP contribution is 2.77. The van der Waals surface area contributed by atoms with Crippen LogP contribution in [-0.4, -0.2) is 72.5 Å². The molecule has 292 valence electrons. The molecule has 1 aliphatic heterocycles. The maximum absolute atomic E-state index is 15.0. The average molecular weight is 720 g/mol. The molecular weight excluding hydrogens is 647 g/mol. The maximum Gasteiger partial charge on any atom is 0.302 e. The average Bonchev–Trinajstić information content (AvgIpc) is 3.49. The molecule has 7 rings (SSSR count). The normalized spacial score (nSPS) is 46.4. The van der Waals surface area contributed by atoms with Gasteiger partial charge in [-0.2, -0.15) is 0 Å². The van der Waals surface area contributed by atoms with Gasteiger partial charge in [0.2, 0.25) is 11.8 Å². The Morgan fingerprint density at radius 1 is 0.769 bits per heavy atom. The van der Waals surface area contributed by atoms with Crippen LogP contribution in [0.25, 0.3) is 0 Å². The molecule has 12 atom stereocenters. The van der Waals surface area contributed by atoms with Gasteiger partial charge in [-0.3, -0.25) is 14.4 Å². The summed E-state index contributed by atoms with van der Waals surface area (Å²) >= 11 is 0. The highest BCUT2D eigenvalue weighted by molar-refractivity contribution is 5.86. The molecule has 6 aliphatic carbocycles. The highest BCUT2D eigenvalue weighted by atomic mass is 16.5. The van der Waals surface area contributed by atoms with Gasteiger partial charge in [-0.15, -0.1) is 0 Å². The van der Waals surface area contributed by atoms with Gasteiger partial charge < -0.3 is 19.9 Å². The van der Waals surface area contributed by atoms with Crippen molar-refractivity contribution >= 4 is 17.8 Å². The van der Waals surface area contributed by atoms with Crippen molar-refractivity contribution in [2.24, 2.45) is 68.0 Å². The lowest BCUT2D eigenvalue weighted by molar-refractivity contribution is -0.249. The predicted octanol–water partition coefficient (Wildman–Crippen LogP) is 8.27. The van der Waals surface area contributed by atoms with E-state index < -0.39 is 0 Å². The van der Waals surface area contributed by atoms with E-state index >= 15 is 0 Å². The first-order valence-corrected chi connectivity index (χ1v) is 21.4. The SMILES string of the molecule is C=C(C)C1CCC2(C(=O)NC3CC(C(=O)N4CCN(CC)CC4)C3(C)C)CCC3(C)C(CCC4C5(C)CCC(OC(C)=O)C(C)(C)C5CCC43C)C12. The van der Waals surface area contributed by atoms with Gasteiger partial charge >= 0.3 is 5.97 Å². The summed E-state index contributed by atoms with van der Waals surface area (Å²) in [6, 6.07) is 0.0343. The van der Waals surface area contributed by atoms with Crippen LogP contribution in [0.15, 0.2) is 12.2 Å². The number of likely N-dealkylation sites (N-methyl/N-ethyl adjacent to an activating group) is 1. The van der Waals surface area contributed by atoms with Gasteiger partial charge in [0.25, 0.3) is 0 Å². The van der Waals surface area contributed by atoms with Crippen LogP contribution < -0.4 is 5.32 Å².